The summed E-state index contributed by atoms with van der Waals surface area (Å²) < 4.78 is 3.45. The SMILES string of the molecule is O=C(O)/C=C/c1c(-n2cccn2)nc2sccn12. The van der Waals surface area contributed by atoms with Gasteiger partial charge in [0.1, 0.15) is 0 Å². The zero-order valence-electron chi connectivity index (χ0n) is 9.09. The maximum Gasteiger partial charge on any atom is 0.328 e. The van der Waals surface area contributed by atoms with Gasteiger partial charge in [-0.05, 0) is 12.1 Å². The molecule has 0 aromatic carbocycles. The first-order valence-corrected chi connectivity index (χ1v) is 6.00. The van der Waals surface area contributed by atoms with E-state index in [9.17, 15) is 4.79 Å². The molecule has 3 rings (SSSR count). The van der Waals surface area contributed by atoms with Crippen LogP contribution in [0.4, 0.5) is 0 Å². The third-order valence-corrected chi connectivity index (χ3v) is 3.14. The number of thiazole rings is 1. The topological polar surface area (TPSA) is 72.4 Å². The van der Waals surface area contributed by atoms with E-state index in [2.05, 4.69) is 10.1 Å². The van der Waals surface area contributed by atoms with Crippen LogP contribution in [0.25, 0.3) is 16.9 Å². The molecule has 0 aliphatic carbocycles. The highest BCUT2D eigenvalue weighted by atomic mass is 32.1. The lowest BCUT2D eigenvalue weighted by molar-refractivity contribution is -0.131. The van der Waals surface area contributed by atoms with Crippen LogP contribution in [0.1, 0.15) is 5.69 Å². The predicted molar refractivity (Wildman–Crippen MR) is 66.9 cm³/mol. The molecule has 0 bridgehead atoms. The molecule has 3 aromatic rings. The van der Waals surface area contributed by atoms with Gasteiger partial charge >= 0.3 is 5.97 Å². The first-order valence-electron chi connectivity index (χ1n) is 5.12. The minimum Gasteiger partial charge on any atom is -0.478 e. The van der Waals surface area contributed by atoms with E-state index in [4.69, 9.17) is 5.11 Å². The minimum atomic E-state index is -0.994. The van der Waals surface area contributed by atoms with Crippen molar-refractivity contribution in [2.75, 3.05) is 0 Å². The van der Waals surface area contributed by atoms with Gasteiger partial charge in [0, 0.05) is 30.0 Å². The van der Waals surface area contributed by atoms with Crippen LogP contribution < -0.4 is 0 Å². The zero-order valence-corrected chi connectivity index (χ0v) is 9.91. The Morgan fingerprint density at radius 1 is 1.44 bits per heavy atom. The smallest absolute Gasteiger partial charge is 0.328 e. The molecule has 0 unspecified atom stereocenters. The monoisotopic (exact) mass is 260 g/mol. The van der Waals surface area contributed by atoms with E-state index in [-0.39, 0.29) is 0 Å². The zero-order chi connectivity index (χ0) is 12.5. The molecule has 0 fully saturated rings. The van der Waals surface area contributed by atoms with Gasteiger partial charge in [-0.1, -0.05) is 0 Å². The van der Waals surface area contributed by atoms with Crippen LogP contribution >= 0.6 is 11.3 Å². The van der Waals surface area contributed by atoms with Gasteiger partial charge in [-0.15, -0.1) is 11.3 Å². The molecule has 7 heteroatoms. The summed E-state index contributed by atoms with van der Waals surface area (Å²) in [4.78, 5) is 15.9. The van der Waals surface area contributed by atoms with Crippen LogP contribution in [0.15, 0.2) is 36.1 Å². The summed E-state index contributed by atoms with van der Waals surface area (Å²) in [6.45, 7) is 0. The number of carbonyl (C=O) groups is 1. The van der Waals surface area contributed by atoms with Crippen molar-refractivity contribution in [2.45, 2.75) is 0 Å². The first kappa shape index (κ1) is 10.7. The summed E-state index contributed by atoms with van der Waals surface area (Å²) in [7, 11) is 0. The summed E-state index contributed by atoms with van der Waals surface area (Å²) in [5.41, 5.74) is 0.692. The summed E-state index contributed by atoms with van der Waals surface area (Å²) in [5.74, 6) is -0.379. The minimum absolute atomic E-state index is 0.615. The highest BCUT2D eigenvalue weighted by molar-refractivity contribution is 7.15. The van der Waals surface area contributed by atoms with Crippen molar-refractivity contribution >= 4 is 28.3 Å². The van der Waals surface area contributed by atoms with Crippen LogP contribution in [0, 0.1) is 0 Å². The van der Waals surface area contributed by atoms with E-state index < -0.39 is 5.97 Å². The lowest BCUT2D eigenvalue weighted by Gasteiger charge is -1.98. The molecule has 0 atom stereocenters. The van der Waals surface area contributed by atoms with Crippen LogP contribution in [0.3, 0.4) is 0 Å². The van der Waals surface area contributed by atoms with Gasteiger partial charge < -0.3 is 5.11 Å². The molecule has 0 saturated heterocycles. The van der Waals surface area contributed by atoms with Crippen molar-refractivity contribution in [2.24, 2.45) is 0 Å². The van der Waals surface area contributed by atoms with Crippen molar-refractivity contribution in [3.8, 4) is 5.82 Å². The molecule has 0 aliphatic rings. The molecular weight excluding hydrogens is 252 g/mol. The van der Waals surface area contributed by atoms with E-state index >= 15 is 0 Å². The molecule has 90 valence electrons. The highest BCUT2D eigenvalue weighted by Crippen LogP contribution is 2.21. The van der Waals surface area contributed by atoms with Crippen LogP contribution in [-0.4, -0.2) is 30.2 Å². The van der Waals surface area contributed by atoms with Crippen molar-refractivity contribution in [3.63, 3.8) is 0 Å². The van der Waals surface area contributed by atoms with Gasteiger partial charge in [0.05, 0.1) is 5.69 Å². The van der Waals surface area contributed by atoms with Crippen LogP contribution in [0.5, 0.6) is 0 Å². The van der Waals surface area contributed by atoms with Crippen LogP contribution in [0.2, 0.25) is 0 Å². The number of nitrogens with zero attached hydrogens (tertiary/aromatic N) is 4. The van der Waals surface area contributed by atoms with Gasteiger partial charge in [-0.3, -0.25) is 4.40 Å². The fraction of sp³-hybridized carbons (Fsp3) is 0. The number of aromatic nitrogens is 4. The Labute approximate surface area is 105 Å². The van der Waals surface area contributed by atoms with E-state index in [0.29, 0.717) is 11.5 Å². The number of hydrogen-bond donors (Lipinski definition) is 1. The molecule has 3 aromatic heterocycles. The lowest BCUT2D eigenvalue weighted by Crippen LogP contribution is -1.98. The number of carboxylic acids is 1. The molecule has 0 radical (unpaired) electrons. The Morgan fingerprint density at radius 3 is 3.06 bits per heavy atom. The van der Waals surface area contributed by atoms with E-state index in [1.807, 2.05) is 16.0 Å². The number of imidazole rings is 1. The molecule has 0 aliphatic heterocycles. The summed E-state index contributed by atoms with van der Waals surface area (Å²) >= 11 is 1.48. The van der Waals surface area contributed by atoms with Crippen molar-refractivity contribution in [3.05, 3.63) is 41.8 Å². The normalized spacial score (nSPS) is 11.6. The summed E-state index contributed by atoms with van der Waals surface area (Å²) in [6.07, 6.45) is 7.88. The summed E-state index contributed by atoms with van der Waals surface area (Å²) in [6, 6.07) is 1.79. The van der Waals surface area contributed by atoms with Crippen molar-refractivity contribution in [1.29, 1.82) is 0 Å². The molecule has 1 N–H and O–H groups in total. The average molecular weight is 260 g/mol. The lowest BCUT2D eigenvalue weighted by atomic mass is 10.3. The molecule has 3 heterocycles. The second-order valence-corrected chi connectivity index (χ2v) is 4.37. The Kier molecular flexibility index (Phi) is 2.45. The number of aliphatic carboxylic acids is 1. The van der Waals surface area contributed by atoms with Crippen LogP contribution in [-0.2, 0) is 4.79 Å². The van der Waals surface area contributed by atoms with E-state index in [1.54, 1.807) is 23.1 Å². The fourth-order valence-corrected chi connectivity index (χ4v) is 2.38. The third kappa shape index (κ3) is 1.70. The maximum atomic E-state index is 10.6. The summed E-state index contributed by atoms with van der Waals surface area (Å²) in [5, 5.41) is 14.7. The standard InChI is InChI=1S/C11H8N4O2S/c16-9(17)3-2-8-10(15-5-1-4-12-15)13-11-14(8)6-7-18-11/h1-7H,(H,16,17)/b3-2+. The van der Waals surface area contributed by atoms with E-state index in [1.165, 1.54) is 17.4 Å². The molecule has 18 heavy (non-hydrogen) atoms. The maximum absolute atomic E-state index is 10.6. The number of rotatable bonds is 3. The molecule has 0 saturated carbocycles. The quantitative estimate of drug-likeness (QED) is 0.727. The van der Waals surface area contributed by atoms with Crippen molar-refractivity contribution < 1.29 is 9.90 Å². The second kappa shape index (κ2) is 4.11. The molecule has 0 amide bonds. The fourth-order valence-electron chi connectivity index (χ4n) is 1.66. The third-order valence-electron chi connectivity index (χ3n) is 2.38. The Balaban J connectivity index is 2.21. The Bertz CT molecular complexity index is 723. The molecule has 0 spiro atoms. The number of hydrogen-bond acceptors (Lipinski definition) is 4. The molecular formula is C11H8N4O2S. The van der Waals surface area contributed by atoms with Crippen molar-refractivity contribution in [1.82, 2.24) is 19.2 Å². The predicted octanol–water partition coefficient (Wildman–Crippen LogP) is 1.68. The van der Waals surface area contributed by atoms with E-state index in [0.717, 1.165) is 11.0 Å². The Hall–Kier alpha value is -2.41. The average Bonchev–Trinajstić information content (AvgIpc) is 3.02. The number of fused-ring (bicyclic) bond motifs is 1. The van der Waals surface area contributed by atoms with Gasteiger partial charge in [0.2, 0.25) is 0 Å². The van der Waals surface area contributed by atoms with Gasteiger partial charge in [0.15, 0.2) is 10.8 Å². The molecule has 6 nitrogen and oxygen atoms in total. The highest BCUT2D eigenvalue weighted by Gasteiger charge is 2.12. The Morgan fingerprint density at radius 2 is 2.33 bits per heavy atom. The number of carboxylic acid groups (broad SMARTS) is 1. The largest absolute Gasteiger partial charge is 0.478 e. The van der Waals surface area contributed by atoms with Gasteiger partial charge in [-0.25, -0.2) is 9.48 Å². The van der Waals surface area contributed by atoms with Gasteiger partial charge in [0.25, 0.3) is 0 Å². The second-order valence-electron chi connectivity index (χ2n) is 3.50. The first-order chi connectivity index (χ1) is 8.75. The van der Waals surface area contributed by atoms with Gasteiger partial charge in [-0.2, -0.15) is 10.1 Å².